The third-order valence-corrected chi connectivity index (χ3v) is 6.04. The SMILES string of the molecule is N[C@@H](COC1(c2cccs2)C=CC2=C(CCC=C2)c2ccccc21)C(=O)O. The molecule has 0 spiro atoms. The predicted molar refractivity (Wildman–Crippen MR) is 108 cm³/mol. The molecule has 0 fully saturated rings. The summed E-state index contributed by atoms with van der Waals surface area (Å²) in [6, 6.07) is 11.2. The van der Waals surface area contributed by atoms with Gasteiger partial charge in [0.15, 0.2) is 0 Å². The van der Waals surface area contributed by atoms with E-state index in [1.165, 1.54) is 11.1 Å². The molecular formula is C22H21NO3S. The Morgan fingerprint density at radius 1 is 1.26 bits per heavy atom. The summed E-state index contributed by atoms with van der Waals surface area (Å²) in [4.78, 5) is 12.3. The standard InChI is InChI=1S/C22H21NO3S/c23-19(21(24)25)14-26-22(20-10-5-13-27-20)12-11-15-6-1-2-7-16(15)17-8-3-4-9-18(17)22/h1,3-6,8-13,19H,2,7,14,23H2,(H,24,25)/t19-,22?/m0/s1. The first kappa shape index (κ1) is 17.9. The van der Waals surface area contributed by atoms with E-state index < -0.39 is 17.6 Å². The maximum absolute atomic E-state index is 11.2. The molecule has 4 nitrogen and oxygen atoms in total. The minimum Gasteiger partial charge on any atom is -0.480 e. The molecule has 0 saturated heterocycles. The minimum atomic E-state index is -1.08. The zero-order valence-electron chi connectivity index (χ0n) is 14.8. The number of hydrogen-bond acceptors (Lipinski definition) is 4. The molecule has 2 atom stereocenters. The second-order valence-corrected chi connectivity index (χ2v) is 7.67. The van der Waals surface area contributed by atoms with Gasteiger partial charge < -0.3 is 15.6 Å². The molecule has 138 valence electrons. The highest BCUT2D eigenvalue weighted by molar-refractivity contribution is 7.10. The van der Waals surface area contributed by atoms with Gasteiger partial charge in [-0.05, 0) is 47.1 Å². The van der Waals surface area contributed by atoms with Gasteiger partial charge in [0.1, 0.15) is 11.6 Å². The highest BCUT2D eigenvalue weighted by Crippen LogP contribution is 2.45. The Morgan fingerprint density at radius 3 is 2.89 bits per heavy atom. The number of benzene rings is 1. The van der Waals surface area contributed by atoms with Crippen molar-refractivity contribution in [2.24, 2.45) is 5.73 Å². The van der Waals surface area contributed by atoms with Crippen molar-refractivity contribution < 1.29 is 14.6 Å². The number of aliphatic carboxylic acids is 1. The molecule has 0 aliphatic heterocycles. The van der Waals surface area contributed by atoms with E-state index in [0.717, 1.165) is 28.8 Å². The monoisotopic (exact) mass is 379 g/mol. The quantitative estimate of drug-likeness (QED) is 0.821. The highest BCUT2D eigenvalue weighted by Gasteiger charge is 2.39. The van der Waals surface area contributed by atoms with Crippen molar-refractivity contribution in [2.75, 3.05) is 6.61 Å². The lowest BCUT2D eigenvalue weighted by Crippen LogP contribution is -2.40. The smallest absolute Gasteiger partial charge is 0.322 e. The van der Waals surface area contributed by atoms with Gasteiger partial charge in [0.25, 0.3) is 0 Å². The number of thiophene rings is 1. The number of carboxylic acids is 1. The van der Waals surface area contributed by atoms with Gasteiger partial charge in [0, 0.05) is 10.4 Å². The van der Waals surface area contributed by atoms with Crippen LogP contribution in [0.25, 0.3) is 5.57 Å². The number of ether oxygens (including phenoxy) is 1. The number of allylic oxidation sites excluding steroid dienone is 5. The first-order valence-corrected chi connectivity index (χ1v) is 9.85. The Labute approximate surface area is 162 Å². The van der Waals surface area contributed by atoms with Gasteiger partial charge in [-0.15, -0.1) is 11.3 Å². The van der Waals surface area contributed by atoms with Crippen LogP contribution >= 0.6 is 11.3 Å². The Balaban J connectivity index is 1.88. The van der Waals surface area contributed by atoms with Gasteiger partial charge in [-0.25, -0.2) is 0 Å². The fraction of sp³-hybridized carbons (Fsp3) is 0.227. The maximum Gasteiger partial charge on any atom is 0.322 e. The molecule has 1 aromatic heterocycles. The first-order chi connectivity index (χ1) is 13.1. The summed E-state index contributed by atoms with van der Waals surface area (Å²) in [7, 11) is 0. The molecule has 3 N–H and O–H groups in total. The lowest BCUT2D eigenvalue weighted by atomic mass is 9.84. The van der Waals surface area contributed by atoms with Crippen LogP contribution in [0.5, 0.6) is 0 Å². The van der Waals surface area contributed by atoms with Crippen LogP contribution in [0, 0.1) is 0 Å². The van der Waals surface area contributed by atoms with E-state index in [9.17, 15) is 9.90 Å². The van der Waals surface area contributed by atoms with Gasteiger partial charge in [-0.1, -0.05) is 48.6 Å². The molecule has 4 rings (SSSR count). The molecule has 2 aliphatic carbocycles. The number of nitrogens with two attached hydrogens (primary N) is 1. The average molecular weight is 379 g/mol. The zero-order chi connectivity index (χ0) is 18.9. The van der Waals surface area contributed by atoms with Gasteiger partial charge in [-0.3, -0.25) is 4.79 Å². The molecule has 0 radical (unpaired) electrons. The van der Waals surface area contributed by atoms with E-state index in [1.807, 2.05) is 35.7 Å². The van der Waals surface area contributed by atoms with Crippen LogP contribution < -0.4 is 5.73 Å². The normalized spacial score (nSPS) is 22.1. The Hall–Kier alpha value is -2.47. The van der Waals surface area contributed by atoms with Crippen LogP contribution in [-0.4, -0.2) is 23.7 Å². The molecule has 0 bridgehead atoms. The van der Waals surface area contributed by atoms with Crippen molar-refractivity contribution in [3.63, 3.8) is 0 Å². The number of fused-ring (bicyclic) bond motifs is 2. The lowest BCUT2D eigenvalue weighted by molar-refractivity contribution is -0.141. The molecule has 0 saturated carbocycles. The Kier molecular flexibility index (Phi) is 4.83. The number of rotatable bonds is 5. The zero-order valence-corrected chi connectivity index (χ0v) is 15.6. The van der Waals surface area contributed by atoms with E-state index in [-0.39, 0.29) is 6.61 Å². The fourth-order valence-corrected chi connectivity index (χ4v) is 4.56. The van der Waals surface area contributed by atoms with Crippen LogP contribution in [0.4, 0.5) is 0 Å². The van der Waals surface area contributed by atoms with Gasteiger partial charge in [0.05, 0.1) is 6.61 Å². The van der Waals surface area contributed by atoms with Crippen molar-refractivity contribution in [2.45, 2.75) is 24.5 Å². The van der Waals surface area contributed by atoms with Gasteiger partial charge in [0.2, 0.25) is 0 Å². The third kappa shape index (κ3) is 3.18. The second-order valence-electron chi connectivity index (χ2n) is 6.72. The topological polar surface area (TPSA) is 72.5 Å². The van der Waals surface area contributed by atoms with Crippen LogP contribution in [0.2, 0.25) is 0 Å². The summed E-state index contributed by atoms with van der Waals surface area (Å²) in [6.45, 7) is -0.0770. The van der Waals surface area contributed by atoms with Gasteiger partial charge >= 0.3 is 5.97 Å². The van der Waals surface area contributed by atoms with E-state index in [4.69, 9.17) is 10.5 Å². The van der Waals surface area contributed by atoms with Crippen molar-refractivity contribution in [3.05, 3.63) is 87.7 Å². The summed E-state index contributed by atoms with van der Waals surface area (Å²) in [5.41, 5.74) is 9.56. The molecular weight excluding hydrogens is 358 g/mol. The van der Waals surface area contributed by atoms with Crippen molar-refractivity contribution in [1.29, 1.82) is 0 Å². The van der Waals surface area contributed by atoms with E-state index >= 15 is 0 Å². The molecule has 1 heterocycles. The summed E-state index contributed by atoms with van der Waals surface area (Å²) >= 11 is 1.59. The van der Waals surface area contributed by atoms with Crippen LogP contribution in [0.3, 0.4) is 0 Å². The largest absolute Gasteiger partial charge is 0.480 e. The van der Waals surface area contributed by atoms with E-state index in [1.54, 1.807) is 11.3 Å². The Morgan fingerprint density at radius 2 is 2.11 bits per heavy atom. The first-order valence-electron chi connectivity index (χ1n) is 8.97. The number of hydrogen-bond donors (Lipinski definition) is 2. The van der Waals surface area contributed by atoms with Gasteiger partial charge in [-0.2, -0.15) is 0 Å². The summed E-state index contributed by atoms with van der Waals surface area (Å²) in [6.07, 6.45) is 10.5. The lowest BCUT2D eigenvalue weighted by Gasteiger charge is -2.33. The average Bonchev–Trinajstić information content (AvgIpc) is 3.19. The molecule has 1 unspecified atom stereocenters. The van der Waals surface area contributed by atoms with Crippen molar-refractivity contribution in [3.8, 4) is 0 Å². The Bertz CT molecular complexity index is 942. The molecule has 0 amide bonds. The summed E-state index contributed by atoms with van der Waals surface area (Å²) in [5, 5.41) is 11.2. The van der Waals surface area contributed by atoms with Crippen LogP contribution in [-0.2, 0) is 15.1 Å². The van der Waals surface area contributed by atoms with Crippen LogP contribution in [0.1, 0.15) is 28.8 Å². The number of carboxylic acid groups (broad SMARTS) is 1. The minimum absolute atomic E-state index is 0.0770. The molecule has 1 aromatic carbocycles. The summed E-state index contributed by atoms with van der Waals surface area (Å²) in [5.74, 6) is -1.07. The van der Waals surface area contributed by atoms with E-state index in [0.29, 0.717) is 0 Å². The molecule has 2 aromatic rings. The summed E-state index contributed by atoms with van der Waals surface area (Å²) < 4.78 is 6.32. The number of carbonyl (C=O) groups is 1. The van der Waals surface area contributed by atoms with Crippen LogP contribution in [0.15, 0.2) is 71.7 Å². The molecule has 27 heavy (non-hydrogen) atoms. The molecule has 2 aliphatic rings. The van der Waals surface area contributed by atoms with Crippen molar-refractivity contribution >= 4 is 22.9 Å². The maximum atomic E-state index is 11.2. The second kappa shape index (κ2) is 7.27. The fourth-order valence-electron chi connectivity index (χ4n) is 3.69. The molecule has 5 heteroatoms. The van der Waals surface area contributed by atoms with Crippen molar-refractivity contribution in [1.82, 2.24) is 0 Å². The highest BCUT2D eigenvalue weighted by atomic mass is 32.1. The van der Waals surface area contributed by atoms with E-state index in [2.05, 4.69) is 30.4 Å². The predicted octanol–water partition coefficient (Wildman–Crippen LogP) is 4.09. The third-order valence-electron chi connectivity index (χ3n) is 5.05.